The number of nitrogens with zero attached hydrogens (tertiary/aromatic N) is 2. The van der Waals surface area contributed by atoms with E-state index in [0.717, 1.165) is 37.6 Å². The summed E-state index contributed by atoms with van der Waals surface area (Å²) in [4.78, 5) is 11.6. The largest absolute Gasteiger partial charge is 0.396 e. The maximum absolute atomic E-state index is 9.66. The topological polar surface area (TPSA) is 90.3 Å². The van der Waals surface area contributed by atoms with E-state index in [9.17, 15) is 10.2 Å². The molecule has 0 bridgehead atoms. The molecule has 33 heavy (non-hydrogen) atoms. The van der Waals surface area contributed by atoms with Crippen LogP contribution in [0.2, 0.25) is 0 Å². The third-order valence-corrected chi connectivity index (χ3v) is 6.56. The van der Waals surface area contributed by atoms with Crippen molar-refractivity contribution in [2.45, 2.75) is 42.3 Å². The van der Waals surface area contributed by atoms with Crippen LogP contribution in [0.3, 0.4) is 0 Å². The Morgan fingerprint density at radius 2 is 1.52 bits per heavy atom. The summed E-state index contributed by atoms with van der Waals surface area (Å²) in [7, 11) is 0. The molecule has 0 aliphatic carbocycles. The fraction of sp³-hybridized carbons (Fsp3) is 0.231. The minimum Gasteiger partial charge on any atom is -0.396 e. The quantitative estimate of drug-likeness (QED) is 0.263. The van der Waals surface area contributed by atoms with E-state index in [1.165, 1.54) is 0 Å². The average Bonchev–Trinajstić information content (AvgIpc) is 2.84. The van der Waals surface area contributed by atoms with Crippen LogP contribution in [0.4, 0.5) is 11.8 Å². The summed E-state index contributed by atoms with van der Waals surface area (Å²) in [5.74, 6) is 1.30. The molecule has 1 heterocycles. The van der Waals surface area contributed by atoms with Crippen molar-refractivity contribution in [1.82, 2.24) is 9.97 Å². The normalized spacial score (nSPS) is 12.0. The maximum atomic E-state index is 9.66. The zero-order valence-corrected chi connectivity index (χ0v) is 19.3. The van der Waals surface area contributed by atoms with Gasteiger partial charge in [0.15, 0.2) is 0 Å². The average molecular weight is 461 g/mol. The molecule has 0 spiro atoms. The molecular formula is C26H28N4O2S. The summed E-state index contributed by atoms with van der Waals surface area (Å²) in [6, 6.07) is 24.1. The Balaban J connectivity index is 1.57. The molecule has 7 heteroatoms. The van der Waals surface area contributed by atoms with E-state index in [1.54, 1.807) is 11.8 Å². The first-order valence-electron chi connectivity index (χ1n) is 11.0. The van der Waals surface area contributed by atoms with E-state index in [0.29, 0.717) is 18.9 Å². The lowest BCUT2D eigenvalue weighted by atomic mass is 10.2. The second-order valence-corrected chi connectivity index (χ2v) is 8.88. The smallest absolute Gasteiger partial charge is 0.225 e. The van der Waals surface area contributed by atoms with Crippen molar-refractivity contribution in [3.8, 4) is 0 Å². The number of benzene rings is 3. The lowest BCUT2D eigenvalue weighted by Gasteiger charge is -2.17. The van der Waals surface area contributed by atoms with Gasteiger partial charge >= 0.3 is 0 Å². The molecule has 1 aromatic heterocycles. The summed E-state index contributed by atoms with van der Waals surface area (Å²) in [6.45, 7) is 2.72. The van der Waals surface area contributed by atoms with E-state index in [2.05, 4.69) is 22.8 Å². The molecule has 0 radical (unpaired) electrons. The maximum Gasteiger partial charge on any atom is 0.225 e. The highest BCUT2D eigenvalue weighted by molar-refractivity contribution is 7.99. The Kier molecular flexibility index (Phi) is 7.78. The molecule has 170 valence electrons. The highest BCUT2D eigenvalue weighted by Gasteiger charge is 2.12. The minimum atomic E-state index is 0.0129. The standard InChI is InChI=1S/C26H28N4O2S/c1-18(14-15-31)28-25-21-10-4-5-11-22(21)29-26(30-25)27-16-19-8-2-6-12-23(19)33-24-13-7-3-9-20(24)17-32/h2-13,18,31-32H,14-17H2,1H3,(H2,27,28,29,30). The van der Waals surface area contributed by atoms with Crippen LogP contribution in [0.25, 0.3) is 10.9 Å². The van der Waals surface area contributed by atoms with Gasteiger partial charge in [-0.25, -0.2) is 4.98 Å². The monoisotopic (exact) mass is 460 g/mol. The Bertz CT molecular complexity index is 1220. The fourth-order valence-electron chi connectivity index (χ4n) is 3.54. The summed E-state index contributed by atoms with van der Waals surface area (Å²) >= 11 is 1.64. The number of aliphatic hydroxyl groups is 2. The van der Waals surface area contributed by atoms with Gasteiger partial charge < -0.3 is 20.8 Å². The molecule has 0 saturated heterocycles. The molecule has 4 N–H and O–H groups in total. The number of hydrogen-bond donors (Lipinski definition) is 4. The van der Waals surface area contributed by atoms with Crippen LogP contribution in [-0.4, -0.2) is 32.8 Å². The van der Waals surface area contributed by atoms with Crippen LogP contribution < -0.4 is 10.6 Å². The van der Waals surface area contributed by atoms with Gasteiger partial charge in [-0.05, 0) is 48.7 Å². The number of para-hydroxylation sites is 1. The van der Waals surface area contributed by atoms with Crippen LogP contribution in [0.15, 0.2) is 82.6 Å². The summed E-state index contributed by atoms with van der Waals surface area (Å²) in [5.41, 5.74) is 2.89. The predicted molar refractivity (Wildman–Crippen MR) is 135 cm³/mol. The Hall–Kier alpha value is -3.13. The molecular weight excluding hydrogens is 432 g/mol. The molecule has 4 rings (SSSR count). The number of anilines is 2. The van der Waals surface area contributed by atoms with Crippen molar-refractivity contribution >= 4 is 34.4 Å². The van der Waals surface area contributed by atoms with Gasteiger partial charge in [-0.15, -0.1) is 0 Å². The van der Waals surface area contributed by atoms with Crippen LogP contribution in [0.1, 0.15) is 24.5 Å². The van der Waals surface area contributed by atoms with Gasteiger partial charge in [0.05, 0.1) is 12.1 Å². The van der Waals surface area contributed by atoms with Crippen LogP contribution in [0.5, 0.6) is 0 Å². The lowest BCUT2D eigenvalue weighted by Crippen LogP contribution is -2.18. The molecule has 3 aromatic carbocycles. The molecule has 0 saturated carbocycles. The first kappa shape index (κ1) is 23.0. The van der Waals surface area contributed by atoms with Crippen molar-refractivity contribution in [3.05, 3.63) is 83.9 Å². The van der Waals surface area contributed by atoms with Crippen molar-refractivity contribution in [2.75, 3.05) is 17.2 Å². The van der Waals surface area contributed by atoms with E-state index >= 15 is 0 Å². The van der Waals surface area contributed by atoms with Gasteiger partial charge in [-0.1, -0.05) is 60.3 Å². The number of fused-ring (bicyclic) bond motifs is 1. The van der Waals surface area contributed by atoms with E-state index < -0.39 is 0 Å². The number of rotatable bonds is 10. The summed E-state index contributed by atoms with van der Waals surface area (Å²) < 4.78 is 0. The van der Waals surface area contributed by atoms with Crippen molar-refractivity contribution in [3.63, 3.8) is 0 Å². The van der Waals surface area contributed by atoms with Gasteiger partial charge in [-0.3, -0.25) is 0 Å². The second kappa shape index (κ2) is 11.1. The molecule has 0 aliphatic heterocycles. The molecule has 0 aliphatic rings. The fourth-order valence-corrected chi connectivity index (χ4v) is 4.61. The van der Waals surface area contributed by atoms with Crippen LogP contribution >= 0.6 is 11.8 Å². The molecule has 1 unspecified atom stereocenters. The Labute approximate surface area is 198 Å². The van der Waals surface area contributed by atoms with Gasteiger partial charge in [0.2, 0.25) is 5.95 Å². The Morgan fingerprint density at radius 1 is 0.848 bits per heavy atom. The van der Waals surface area contributed by atoms with Crippen LogP contribution in [0, 0.1) is 0 Å². The number of hydrogen-bond acceptors (Lipinski definition) is 7. The highest BCUT2D eigenvalue weighted by Crippen LogP contribution is 2.33. The summed E-state index contributed by atoms with van der Waals surface area (Å²) in [6.07, 6.45) is 0.640. The predicted octanol–water partition coefficient (Wildman–Crippen LogP) is 5.07. The first-order chi connectivity index (χ1) is 16.2. The molecule has 1 atom stereocenters. The number of nitrogens with one attached hydrogen (secondary N) is 2. The van der Waals surface area contributed by atoms with Crippen molar-refractivity contribution < 1.29 is 10.2 Å². The second-order valence-electron chi connectivity index (χ2n) is 7.80. The zero-order chi connectivity index (χ0) is 23.0. The first-order valence-corrected chi connectivity index (χ1v) is 11.8. The molecule has 4 aromatic rings. The minimum absolute atomic E-state index is 0.0129. The van der Waals surface area contributed by atoms with Crippen molar-refractivity contribution in [1.29, 1.82) is 0 Å². The van der Waals surface area contributed by atoms with Gasteiger partial charge in [0, 0.05) is 34.4 Å². The van der Waals surface area contributed by atoms with E-state index in [1.807, 2.05) is 67.6 Å². The lowest BCUT2D eigenvalue weighted by molar-refractivity contribution is 0.279. The third-order valence-electron chi connectivity index (χ3n) is 5.32. The molecule has 6 nitrogen and oxygen atoms in total. The molecule has 0 amide bonds. The zero-order valence-electron chi connectivity index (χ0n) is 18.5. The van der Waals surface area contributed by atoms with Gasteiger partial charge in [0.1, 0.15) is 5.82 Å². The van der Waals surface area contributed by atoms with E-state index in [-0.39, 0.29) is 19.3 Å². The Morgan fingerprint density at radius 3 is 2.27 bits per heavy atom. The third kappa shape index (κ3) is 5.82. The van der Waals surface area contributed by atoms with E-state index in [4.69, 9.17) is 9.97 Å². The van der Waals surface area contributed by atoms with Gasteiger partial charge in [0.25, 0.3) is 0 Å². The number of aliphatic hydroxyl groups excluding tert-OH is 2. The SMILES string of the molecule is CC(CCO)Nc1nc(NCc2ccccc2Sc2ccccc2CO)nc2ccccc12. The molecule has 0 fully saturated rings. The van der Waals surface area contributed by atoms with Crippen molar-refractivity contribution in [2.24, 2.45) is 0 Å². The number of aromatic nitrogens is 2. The highest BCUT2D eigenvalue weighted by atomic mass is 32.2. The van der Waals surface area contributed by atoms with Gasteiger partial charge in [-0.2, -0.15) is 4.98 Å². The van der Waals surface area contributed by atoms with Crippen LogP contribution in [-0.2, 0) is 13.2 Å². The summed E-state index contributed by atoms with van der Waals surface area (Å²) in [5, 5.41) is 26.7.